The first-order valence-corrected chi connectivity index (χ1v) is 20.2. The van der Waals surface area contributed by atoms with Gasteiger partial charge in [-0.3, -0.25) is 4.79 Å². The van der Waals surface area contributed by atoms with Gasteiger partial charge in [-0.25, -0.2) is 0 Å². The molecule has 10 saturated heterocycles. The Morgan fingerprint density at radius 1 is 0.808 bits per heavy atom. The Morgan fingerprint density at radius 3 is 2.38 bits per heavy atom. The van der Waals surface area contributed by atoms with E-state index in [1.807, 2.05) is 0 Å². The van der Waals surface area contributed by atoms with Gasteiger partial charge in [0.25, 0.3) is 0 Å². The smallest absolute Gasteiger partial charge is 0.172 e. The first kappa shape index (κ1) is 36.4. The average Bonchev–Trinajstić information content (AvgIpc) is 3.79. The van der Waals surface area contributed by atoms with Crippen molar-refractivity contribution in [2.75, 3.05) is 13.7 Å². The summed E-state index contributed by atoms with van der Waals surface area (Å²) >= 11 is 0. The second-order valence-corrected chi connectivity index (χ2v) is 17.4. The lowest BCUT2D eigenvalue weighted by Crippen LogP contribution is -2.61. The van der Waals surface area contributed by atoms with Crippen molar-refractivity contribution in [3.63, 3.8) is 0 Å². The number of fused-ring (bicyclic) bond motifs is 6. The maximum atomic E-state index is 14.1. The zero-order chi connectivity index (χ0) is 35.9. The summed E-state index contributed by atoms with van der Waals surface area (Å²) in [7, 11) is 1.66. The highest BCUT2D eigenvalue weighted by Crippen LogP contribution is 2.54. The van der Waals surface area contributed by atoms with Crippen molar-refractivity contribution in [1.82, 2.24) is 0 Å². The van der Waals surface area contributed by atoms with Crippen LogP contribution in [-0.4, -0.2) is 128 Å². The Morgan fingerprint density at radius 2 is 1.56 bits per heavy atom. The third-order valence-corrected chi connectivity index (χ3v) is 14.0. The van der Waals surface area contributed by atoms with E-state index in [0.29, 0.717) is 25.7 Å². The van der Waals surface area contributed by atoms with Gasteiger partial charge in [-0.1, -0.05) is 20.1 Å². The third kappa shape index (κ3) is 6.59. The van der Waals surface area contributed by atoms with E-state index in [1.165, 1.54) is 0 Å². The Hall–Kier alpha value is -1.29. The fourth-order valence-corrected chi connectivity index (χ4v) is 11.3. The monoisotopic (exact) mass is 729 g/mol. The lowest BCUT2D eigenvalue weighted by Gasteiger charge is -2.47. The number of aliphatic hydroxyl groups excluding tert-OH is 1. The second kappa shape index (κ2) is 14.3. The van der Waals surface area contributed by atoms with Crippen LogP contribution in [0.5, 0.6) is 0 Å². The van der Waals surface area contributed by atoms with Gasteiger partial charge < -0.3 is 53.5 Å². The lowest BCUT2D eigenvalue weighted by atomic mass is 9.81. The predicted molar refractivity (Wildman–Crippen MR) is 186 cm³/mol. The SMILES string of the molecule is C=C1C[C@@H]2CC[C@@]34C[C@@H]5O[C@H]6[C@@H](O3)[C@H]3O[C@H](CC[C@@H]3O[C@H]6[C@@H]5O4)CC(=O)C[C@@H]3[C@@H](OC)[C@@H](C[C@H](O)CN)O[C@H]3C[C@H]3O[C@@H](CC[C@@H]1O2)C[C@@H](C)C3=C. The molecule has 0 aliphatic carbocycles. The molecule has 0 saturated carbocycles. The lowest BCUT2D eigenvalue weighted by molar-refractivity contribution is -0.292. The molecule has 290 valence electrons. The summed E-state index contributed by atoms with van der Waals surface area (Å²) in [5.41, 5.74) is 8.01. The number of carbonyl (C=O) groups excluding carboxylic acids is 1. The molecule has 3 N–H and O–H groups in total. The molecule has 12 heteroatoms. The van der Waals surface area contributed by atoms with E-state index in [0.717, 1.165) is 56.1 Å². The Kier molecular flexibility index (Phi) is 10.0. The minimum Gasteiger partial charge on any atom is -0.392 e. The van der Waals surface area contributed by atoms with Crippen LogP contribution in [0.2, 0.25) is 0 Å². The summed E-state index contributed by atoms with van der Waals surface area (Å²) in [5, 5.41) is 10.5. The van der Waals surface area contributed by atoms with Gasteiger partial charge in [0.05, 0.1) is 67.1 Å². The maximum absolute atomic E-state index is 14.1. The van der Waals surface area contributed by atoms with Crippen molar-refractivity contribution in [3.05, 3.63) is 24.3 Å². The van der Waals surface area contributed by atoms with Gasteiger partial charge in [0, 0.05) is 58.1 Å². The van der Waals surface area contributed by atoms with Gasteiger partial charge in [-0.2, -0.15) is 0 Å². The summed E-state index contributed by atoms with van der Waals surface area (Å²) < 4.78 is 60.0. The Balaban J connectivity index is 0.994. The molecule has 0 radical (unpaired) electrons. The van der Waals surface area contributed by atoms with Crippen molar-refractivity contribution >= 4 is 5.78 Å². The van der Waals surface area contributed by atoms with Gasteiger partial charge in [0.2, 0.25) is 0 Å². The molecule has 0 aromatic carbocycles. The van der Waals surface area contributed by atoms with Gasteiger partial charge in [-0.05, 0) is 62.0 Å². The fourth-order valence-electron chi connectivity index (χ4n) is 11.3. The van der Waals surface area contributed by atoms with Crippen LogP contribution in [0.1, 0.15) is 90.4 Å². The zero-order valence-electron chi connectivity index (χ0n) is 30.8. The Labute approximate surface area is 307 Å². The van der Waals surface area contributed by atoms with E-state index in [2.05, 4.69) is 20.1 Å². The molecule has 10 aliphatic heterocycles. The highest BCUT2D eigenvalue weighted by molar-refractivity contribution is 5.79. The van der Waals surface area contributed by atoms with Crippen molar-refractivity contribution in [3.8, 4) is 0 Å². The number of carbonyl (C=O) groups is 1. The van der Waals surface area contributed by atoms with E-state index in [1.54, 1.807) is 7.11 Å². The molecule has 12 nitrogen and oxygen atoms in total. The minimum atomic E-state index is -0.780. The van der Waals surface area contributed by atoms with Gasteiger partial charge >= 0.3 is 0 Å². The summed E-state index contributed by atoms with van der Waals surface area (Å²) in [5.74, 6) is -0.619. The van der Waals surface area contributed by atoms with E-state index in [-0.39, 0.29) is 122 Å². The number of hydrogen-bond acceptors (Lipinski definition) is 12. The summed E-state index contributed by atoms with van der Waals surface area (Å²) in [6, 6.07) is 0. The molecule has 0 unspecified atom stereocenters. The number of Topliss-reactive ketones (excluding diaryl/α,β-unsaturated/α-hetero) is 1. The van der Waals surface area contributed by atoms with Crippen molar-refractivity contribution in [1.29, 1.82) is 0 Å². The van der Waals surface area contributed by atoms with E-state index < -0.39 is 18.0 Å². The molecule has 10 fully saturated rings. The normalized spacial score (nSPS) is 52.4. The molecule has 52 heavy (non-hydrogen) atoms. The van der Waals surface area contributed by atoms with Crippen LogP contribution in [0.3, 0.4) is 0 Å². The standard InChI is InChI=1S/C40H59NO11/c1-19-11-24-5-7-28-20(2)12-26(45-28)9-10-40-17-33-36(51-40)37-38(50-33)39(52-40)35-29(49-37)8-6-25(47-35)13-22(42)14-27-31(16-30(46-24)21(19)3)48-32(34(27)44-4)15-23(43)18-41/h19,23-39,43H,2-3,5-18,41H2,1,4H3/t19-,23+,24+,25-,26+,27+,28+,29+,30-,31+,32-,33+,34-,35+,36-,37+,38-,39+,40+/m1/s1. The molecular formula is C40H59NO11. The topological polar surface area (TPSA) is 146 Å². The second-order valence-electron chi connectivity index (χ2n) is 17.4. The number of ketones is 1. The molecule has 1 spiro atoms. The van der Waals surface area contributed by atoms with Crippen LogP contribution in [0, 0.1) is 11.8 Å². The van der Waals surface area contributed by atoms with Crippen LogP contribution in [-0.2, 0) is 47.4 Å². The van der Waals surface area contributed by atoms with Crippen LogP contribution in [0.25, 0.3) is 0 Å². The van der Waals surface area contributed by atoms with Crippen molar-refractivity contribution < 1.29 is 52.5 Å². The van der Waals surface area contributed by atoms with Crippen LogP contribution < -0.4 is 5.73 Å². The minimum absolute atomic E-state index is 0.0158. The average molecular weight is 730 g/mol. The first-order valence-electron chi connectivity index (χ1n) is 20.2. The molecule has 0 aromatic rings. The van der Waals surface area contributed by atoms with Crippen LogP contribution >= 0.6 is 0 Å². The fraction of sp³-hybridized carbons (Fsp3) is 0.875. The quantitative estimate of drug-likeness (QED) is 0.409. The molecular weight excluding hydrogens is 670 g/mol. The number of ether oxygens (including phenoxy) is 9. The summed E-state index contributed by atoms with van der Waals surface area (Å²) in [6.45, 7) is 11.3. The van der Waals surface area contributed by atoms with Gasteiger partial charge in [0.1, 0.15) is 36.3 Å². The molecule has 10 rings (SSSR count). The highest BCUT2D eigenvalue weighted by Gasteiger charge is 2.68. The molecule has 0 aromatic heterocycles. The molecule has 19 atom stereocenters. The number of hydrogen-bond donors (Lipinski definition) is 2. The molecule has 0 amide bonds. The summed E-state index contributed by atoms with van der Waals surface area (Å²) in [4.78, 5) is 14.1. The van der Waals surface area contributed by atoms with Crippen LogP contribution in [0.15, 0.2) is 24.3 Å². The van der Waals surface area contributed by atoms with E-state index in [4.69, 9.17) is 48.4 Å². The number of methoxy groups -OCH3 is 1. The molecule has 12 bridgehead atoms. The maximum Gasteiger partial charge on any atom is 0.172 e. The van der Waals surface area contributed by atoms with Crippen molar-refractivity contribution in [2.45, 2.75) is 194 Å². The molecule has 10 aliphatic rings. The largest absolute Gasteiger partial charge is 0.392 e. The number of aliphatic hydroxyl groups is 1. The Bertz CT molecular complexity index is 1380. The van der Waals surface area contributed by atoms with Crippen LogP contribution in [0.4, 0.5) is 0 Å². The zero-order valence-corrected chi connectivity index (χ0v) is 30.8. The summed E-state index contributed by atoms with van der Waals surface area (Å²) in [6.07, 6.45) is 4.85. The van der Waals surface area contributed by atoms with Gasteiger partial charge in [0.15, 0.2) is 5.79 Å². The van der Waals surface area contributed by atoms with E-state index >= 15 is 0 Å². The number of nitrogens with two attached hydrogens (primary N) is 1. The van der Waals surface area contributed by atoms with Gasteiger partial charge in [-0.15, -0.1) is 0 Å². The first-order chi connectivity index (χ1) is 25.1. The van der Waals surface area contributed by atoms with E-state index in [9.17, 15) is 9.90 Å². The van der Waals surface area contributed by atoms with Crippen molar-refractivity contribution in [2.24, 2.45) is 17.6 Å². The predicted octanol–water partition coefficient (Wildman–Crippen LogP) is 3.44. The highest BCUT2D eigenvalue weighted by atomic mass is 16.8. The number of rotatable bonds is 4. The molecule has 10 heterocycles. The third-order valence-electron chi connectivity index (χ3n) is 14.0.